The molecule has 3 rings (SSSR count). The second-order valence-corrected chi connectivity index (χ2v) is 7.11. The quantitative estimate of drug-likeness (QED) is 0.304. The normalized spacial score (nSPS) is 10.1. The van der Waals surface area contributed by atoms with Gasteiger partial charge in [0.2, 0.25) is 0 Å². The van der Waals surface area contributed by atoms with E-state index in [0.29, 0.717) is 11.4 Å². The highest BCUT2D eigenvalue weighted by atomic mass is 16.2. The summed E-state index contributed by atoms with van der Waals surface area (Å²) in [7, 11) is 0. The molecule has 0 aliphatic heterocycles. The maximum atomic E-state index is 13.0. The van der Waals surface area contributed by atoms with E-state index in [-0.39, 0.29) is 5.57 Å². The lowest BCUT2D eigenvalue weighted by Gasteiger charge is -2.13. The molecule has 0 fully saturated rings. The number of hydrogen-bond donors (Lipinski definition) is 3. The number of anilines is 3. The van der Waals surface area contributed by atoms with Crippen molar-refractivity contribution in [3.63, 3.8) is 0 Å². The molecule has 0 spiro atoms. The summed E-state index contributed by atoms with van der Waals surface area (Å²) in [6.07, 6.45) is 1.44. The van der Waals surface area contributed by atoms with Crippen LogP contribution in [0.2, 0.25) is 0 Å². The number of carbonyl (C=O) groups excluding carboxylic acids is 2. The van der Waals surface area contributed by atoms with E-state index in [4.69, 9.17) is 0 Å². The lowest BCUT2D eigenvalue weighted by molar-refractivity contribution is -0.118. The fraction of sp³-hybridized carbons (Fsp3) is 0.120. The summed E-state index contributed by atoms with van der Waals surface area (Å²) in [5.74, 6) is -0.981. The first-order valence-corrected chi connectivity index (χ1v) is 9.71. The van der Waals surface area contributed by atoms with Crippen molar-refractivity contribution in [2.75, 3.05) is 16.0 Å². The first kappa shape index (κ1) is 20.9. The summed E-state index contributed by atoms with van der Waals surface area (Å²) in [4.78, 5) is 26.0. The van der Waals surface area contributed by atoms with Crippen molar-refractivity contribution in [1.82, 2.24) is 0 Å². The molecule has 0 unspecified atom stereocenters. The minimum Gasteiger partial charge on any atom is -0.361 e. The highest BCUT2D eigenvalue weighted by Crippen LogP contribution is 2.18. The van der Waals surface area contributed by atoms with Crippen LogP contribution in [0, 0.1) is 20.8 Å². The standard InChI is InChI=1S/C25H25N3O2/c1-17-12-14-20(15-13-17)26-16-21(24(29)27-22-10-6-4-8-18(22)2)25(30)28-23-11-7-5-9-19(23)3/h4-16,26H,1-3H3,(H,27,29)(H,28,30). The number of benzene rings is 3. The molecule has 0 aliphatic carbocycles. The molecule has 0 atom stereocenters. The zero-order valence-electron chi connectivity index (χ0n) is 17.3. The van der Waals surface area contributed by atoms with Gasteiger partial charge in [-0.25, -0.2) is 0 Å². The predicted molar refractivity (Wildman–Crippen MR) is 123 cm³/mol. The van der Waals surface area contributed by atoms with E-state index in [1.54, 1.807) is 12.1 Å². The number of hydrogen-bond acceptors (Lipinski definition) is 3. The van der Waals surface area contributed by atoms with E-state index >= 15 is 0 Å². The smallest absolute Gasteiger partial charge is 0.262 e. The third-order valence-corrected chi connectivity index (χ3v) is 4.71. The van der Waals surface area contributed by atoms with E-state index in [1.165, 1.54) is 6.20 Å². The molecular formula is C25H25N3O2. The van der Waals surface area contributed by atoms with Crippen LogP contribution >= 0.6 is 0 Å². The van der Waals surface area contributed by atoms with Gasteiger partial charge in [-0.2, -0.15) is 0 Å². The van der Waals surface area contributed by atoms with Crippen LogP contribution in [0.1, 0.15) is 16.7 Å². The molecule has 0 saturated heterocycles. The number of para-hydroxylation sites is 2. The van der Waals surface area contributed by atoms with Crippen LogP contribution in [-0.2, 0) is 9.59 Å². The molecule has 5 nitrogen and oxygen atoms in total. The van der Waals surface area contributed by atoms with Crippen LogP contribution in [0.3, 0.4) is 0 Å². The van der Waals surface area contributed by atoms with Crippen LogP contribution in [0.15, 0.2) is 84.6 Å². The van der Waals surface area contributed by atoms with Gasteiger partial charge in [-0.3, -0.25) is 9.59 Å². The lowest BCUT2D eigenvalue weighted by Crippen LogP contribution is -2.26. The summed E-state index contributed by atoms with van der Waals surface area (Å²) in [5, 5.41) is 8.71. The average Bonchev–Trinajstić information content (AvgIpc) is 2.73. The van der Waals surface area contributed by atoms with Gasteiger partial charge in [0.25, 0.3) is 11.8 Å². The van der Waals surface area contributed by atoms with E-state index in [9.17, 15) is 9.59 Å². The summed E-state index contributed by atoms with van der Waals surface area (Å²) >= 11 is 0. The Hall–Kier alpha value is -3.86. The highest BCUT2D eigenvalue weighted by Gasteiger charge is 2.20. The monoisotopic (exact) mass is 399 g/mol. The molecule has 5 heteroatoms. The molecule has 0 saturated carbocycles. The maximum absolute atomic E-state index is 13.0. The maximum Gasteiger partial charge on any atom is 0.262 e. The molecule has 0 radical (unpaired) electrons. The molecule has 3 aromatic rings. The Morgan fingerprint density at radius 1 is 0.667 bits per heavy atom. The van der Waals surface area contributed by atoms with Crippen molar-refractivity contribution >= 4 is 28.9 Å². The van der Waals surface area contributed by atoms with Crippen molar-refractivity contribution < 1.29 is 9.59 Å². The lowest BCUT2D eigenvalue weighted by atomic mass is 10.1. The molecule has 0 aliphatic rings. The van der Waals surface area contributed by atoms with Crippen molar-refractivity contribution in [2.24, 2.45) is 0 Å². The average molecular weight is 399 g/mol. The third kappa shape index (κ3) is 5.35. The zero-order chi connectivity index (χ0) is 21.5. The van der Waals surface area contributed by atoms with Crippen molar-refractivity contribution in [1.29, 1.82) is 0 Å². The summed E-state index contributed by atoms with van der Waals surface area (Å²) in [6, 6.07) is 22.6. The van der Waals surface area contributed by atoms with Crippen LogP contribution in [0.25, 0.3) is 0 Å². The highest BCUT2D eigenvalue weighted by molar-refractivity contribution is 6.26. The molecule has 2 amide bonds. The summed E-state index contributed by atoms with van der Waals surface area (Å²) < 4.78 is 0. The molecule has 152 valence electrons. The predicted octanol–water partition coefficient (Wildman–Crippen LogP) is 5.19. The van der Waals surface area contributed by atoms with E-state index in [2.05, 4.69) is 16.0 Å². The second kappa shape index (κ2) is 9.56. The van der Waals surface area contributed by atoms with Gasteiger partial charge in [-0.05, 0) is 56.2 Å². The van der Waals surface area contributed by atoms with Crippen molar-refractivity contribution in [3.8, 4) is 0 Å². The summed E-state index contributed by atoms with van der Waals surface area (Å²) in [5.41, 5.74) is 5.03. The SMILES string of the molecule is Cc1ccc(NC=C(C(=O)Nc2ccccc2C)C(=O)Nc2ccccc2C)cc1. The van der Waals surface area contributed by atoms with Crippen molar-refractivity contribution in [3.05, 3.63) is 101 Å². The van der Waals surface area contributed by atoms with Crippen LogP contribution in [0.4, 0.5) is 17.1 Å². The van der Waals surface area contributed by atoms with Gasteiger partial charge in [0.15, 0.2) is 0 Å². The van der Waals surface area contributed by atoms with Crippen molar-refractivity contribution in [2.45, 2.75) is 20.8 Å². The third-order valence-electron chi connectivity index (χ3n) is 4.71. The molecular weight excluding hydrogens is 374 g/mol. The van der Waals surface area contributed by atoms with Gasteiger partial charge in [0.05, 0.1) is 0 Å². The Kier molecular flexibility index (Phi) is 6.65. The van der Waals surface area contributed by atoms with Crippen LogP contribution in [-0.4, -0.2) is 11.8 Å². The Balaban J connectivity index is 1.86. The molecule has 0 heterocycles. The van der Waals surface area contributed by atoms with Gasteiger partial charge < -0.3 is 16.0 Å². The Morgan fingerprint density at radius 3 is 1.60 bits per heavy atom. The Bertz CT molecular complexity index is 1020. The molecule has 0 bridgehead atoms. The van der Waals surface area contributed by atoms with Gasteiger partial charge in [-0.1, -0.05) is 54.1 Å². The number of carbonyl (C=O) groups is 2. The minimum absolute atomic E-state index is 0.0259. The zero-order valence-corrected chi connectivity index (χ0v) is 17.3. The van der Waals surface area contributed by atoms with Crippen LogP contribution in [0.5, 0.6) is 0 Å². The number of rotatable bonds is 6. The first-order chi connectivity index (χ1) is 14.4. The van der Waals surface area contributed by atoms with E-state index in [1.807, 2.05) is 81.4 Å². The minimum atomic E-state index is -0.491. The number of amides is 2. The molecule has 3 aromatic carbocycles. The molecule has 0 aromatic heterocycles. The Morgan fingerprint density at radius 2 is 1.13 bits per heavy atom. The fourth-order valence-electron chi connectivity index (χ4n) is 2.85. The van der Waals surface area contributed by atoms with Gasteiger partial charge in [0.1, 0.15) is 5.57 Å². The number of nitrogens with one attached hydrogen (secondary N) is 3. The van der Waals surface area contributed by atoms with Gasteiger partial charge in [0, 0.05) is 23.3 Å². The fourth-order valence-corrected chi connectivity index (χ4v) is 2.85. The Labute approximate surface area is 176 Å². The van der Waals surface area contributed by atoms with Gasteiger partial charge in [-0.15, -0.1) is 0 Å². The summed E-state index contributed by atoms with van der Waals surface area (Å²) in [6.45, 7) is 5.80. The largest absolute Gasteiger partial charge is 0.361 e. The molecule has 30 heavy (non-hydrogen) atoms. The topological polar surface area (TPSA) is 70.2 Å². The second-order valence-electron chi connectivity index (χ2n) is 7.11. The van der Waals surface area contributed by atoms with E-state index in [0.717, 1.165) is 22.4 Å². The van der Waals surface area contributed by atoms with Gasteiger partial charge >= 0.3 is 0 Å². The first-order valence-electron chi connectivity index (χ1n) is 9.71. The van der Waals surface area contributed by atoms with Crippen LogP contribution < -0.4 is 16.0 Å². The number of aryl methyl sites for hydroxylation is 3. The van der Waals surface area contributed by atoms with E-state index < -0.39 is 11.8 Å². The molecule has 3 N–H and O–H groups in total.